The summed E-state index contributed by atoms with van der Waals surface area (Å²) in [6.07, 6.45) is 2.74. The van der Waals surface area contributed by atoms with Crippen molar-refractivity contribution in [2.45, 2.75) is 46.1 Å². The Balaban J connectivity index is 3.51. The second-order valence-electron chi connectivity index (χ2n) is 4.46. The van der Waals surface area contributed by atoms with Gasteiger partial charge in [0.05, 0.1) is 6.04 Å². The Morgan fingerprint density at radius 3 is 2.25 bits per heavy atom. The molecule has 3 nitrogen and oxygen atoms in total. The van der Waals surface area contributed by atoms with Crippen molar-refractivity contribution >= 4 is 5.91 Å². The normalized spacial score (nSPS) is 14.3. The van der Waals surface area contributed by atoms with Crippen molar-refractivity contribution in [1.82, 2.24) is 0 Å². The summed E-state index contributed by atoms with van der Waals surface area (Å²) in [5.74, 6) is -0.399. The molecule has 0 spiro atoms. The Morgan fingerprint density at radius 2 is 1.92 bits per heavy atom. The lowest BCUT2D eigenvalue weighted by Crippen LogP contribution is -2.36. The van der Waals surface area contributed by atoms with Crippen LogP contribution in [0.5, 0.6) is 0 Å². The average Bonchev–Trinajstić information content (AvgIpc) is 1.84. The molecule has 3 heteroatoms. The molecule has 1 unspecified atom stereocenters. The lowest BCUT2D eigenvalue weighted by atomic mass is 9.89. The number of nitrogens with two attached hydrogens (primary N) is 2. The molecule has 72 valence electrons. The Morgan fingerprint density at radius 1 is 1.42 bits per heavy atom. The fourth-order valence-corrected chi connectivity index (χ4v) is 0.995. The maximum absolute atomic E-state index is 10.6. The molecule has 0 aliphatic heterocycles. The van der Waals surface area contributed by atoms with Crippen LogP contribution in [0.4, 0.5) is 0 Å². The Hall–Kier alpha value is -0.570. The number of primary amides is 1. The zero-order valence-corrected chi connectivity index (χ0v) is 8.26. The SMILES string of the molecule is CC(C)(C)CCCC(N)C(N)=O. The Kier molecular flexibility index (Phi) is 4.24. The van der Waals surface area contributed by atoms with E-state index in [9.17, 15) is 4.79 Å². The maximum Gasteiger partial charge on any atom is 0.234 e. The van der Waals surface area contributed by atoms with Crippen molar-refractivity contribution in [3.05, 3.63) is 0 Å². The van der Waals surface area contributed by atoms with E-state index in [2.05, 4.69) is 20.8 Å². The molecule has 4 N–H and O–H groups in total. The monoisotopic (exact) mass is 172 g/mol. The first-order chi connectivity index (χ1) is 5.33. The van der Waals surface area contributed by atoms with Crippen LogP contribution in [-0.4, -0.2) is 11.9 Å². The molecule has 0 radical (unpaired) electrons. The van der Waals surface area contributed by atoms with Gasteiger partial charge in [-0.1, -0.05) is 27.2 Å². The number of carbonyl (C=O) groups excluding carboxylic acids is 1. The van der Waals surface area contributed by atoms with Gasteiger partial charge in [-0.3, -0.25) is 4.79 Å². The Labute approximate surface area is 74.5 Å². The molecular weight excluding hydrogens is 152 g/mol. The van der Waals surface area contributed by atoms with E-state index in [-0.39, 0.29) is 0 Å². The van der Waals surface area contributed by atoms with Gasteiger partial charge >= 0.3 is 0 Å². The van der Waals surface area contributed by atoms with Crippen molar-refractivity contribution in [2.24, 2.45) is 16.9 Å². The Bertz CT molecular complexity index is 149. The van der Waals surface area contributed by atoms with Gasteiger partial charge in [0.1, 0.15) is 0 Å². The fourth-order valence-electron chi connectivity index (χ4n) is 0.995. The van der Waals surface area contributed by atoms with Crippen molar-refractivity contribution in [2.75, 3.05) is 0 Å². The lowest BCUT2D eigenvalue weighted by molar-refractivity contribution is -0.119. The molecule has 1 amide bonds. The van der Waals surface area contributed by atoms with Crippen LogP contribution in [0.1, 0.15) is 40.0 Å². The lowest BCUT2D eigenvalue weighted by Gasteiger charge is -2.18. The summed E-state index contributed by atoms with van der Waals surface area (Å²) in [6, 6.07) is -0.465. The zero-order chi connectivity index (χ0) is 9.78. The highest BCUT2D eigenvalue weighted by Crippen LogP contribution is 2.21. The van der Waals surface area contributed by atoms with E-state index in [1.807, 2.05) is 0 Å². The second-order valence-corrected chi connectivity index (χ2v) is 4.46. The third kappa shape index (κ3) is 6.16. The standard InChI is InChI=1S/C9H20N2O/c1-9(2,3)6-4-5-7(10)8(11)12/h7H,4-6,10H2,1-3H3,(H2,11,12). The average molecular weight is 172 g/mol. The van der Waals surface area contributed by atoms with Crippen LogP contribution in [0.3, 0.4) is 0 Å². The molecule has 0 fully saturated rings. The smallest absolute Gasteiger partial charge is 0.234 e. The molecule has 0 saturated carbocycles. The van der Waals surface area contributed by atoms with Crippen LogP contribution in [0.15, 0.2) is 0 Å². The van der Waals surface area contributed by atoms with Crippen LogP contribution in [0.2, 0.25) is 0 Å². The van der Waals surface area contributed by atoms with Gasteiger partial charge in [0.25, 0.3) is 0 Å². The number of carbonyl (C=O) groups is 1. The van der Waals surface area contributed by atoms with Crippen LogP contribution >= 0.6 is 0 Å². The molecule has 0 saturated heterocycles. The van der Waals surface area contributed by atoms with Crippen LogP contribution < -0.4 is 11.5 Å². The van der Waals surface area contributed by atoms with Crippen LogP contribution in [-0.2, 0) is 4.79 Å². The summed E-state index contributed by atoms with van der Waals surface area (Å²) >= 11 is 0. The highest BCUT2D eigenvalue weighted by atomic mass is 16.1. The first-order valence-corrected chi connectivity index (χ1v) is 4.38. The molecule has 1 atom stereocenters. The minimum absolute atomic E-state index is 0.317. The minimum Gasteiger partial charge on any atom is -0.368 e. The van der Waals surface area contributed by atoms with E-state index in [4.69, 9.17) is 11.5 Å². The predicted octanol–water partition coefficient (Wildman–Crippen LogP) is 1.02. The first-order valence-electron chi connectivity index (χ1n) is 4.38. The van der Waals surface area contributed by atoms with Gasteiger partial charge in [0.15, 0.2) is 0 Å². The summed E-state index contributed by atoms with van der Waals surface area (Å²) in [7, 11) is 0. The van der Waals surface area contributed by atoms with Crippen molar-refractivity contribution < 1.29 is 4.79 Å². The molecular formula is C9H20N2O. The van der Waals surface area contributed by atoms with Crippen molar-refractivity contribution in [3.63, 3.8) is 0 Å². The fraction of sp³-hybridized carbons (Fsp3) is 0.889. The first kappa shape index (κ1) is 11.4. The van der Waals surface area contributed by atoms with E-state index < -0.39 is 11.9 Å². The highest BCUT2D eigenvalue weighted by Gasteiger charge is 2.13. The van der Waals surface area contributed by atoms with Gasteiger partial charge in [-0.05, 0) is 18.3 Å². The van der Waals surface area contributed by atoms with Crippen LogP contribution in [0, 0.1) is 5.41 Å². The van der Waals surface area contributed by atoms with E-state index in [1.165, 1.54) is 0 Å². The van der Waals surface area contributed by atoms with Gasteiger partial charge in [0.2, 0.25) is 5.91 Å². The quantitative estimate of drug-likeness (QED) is 0.664. The molecule has 0 aromatic carbocycles. The van der Waals surface area contributed by atoms with Crippen LogP contribution in [0.25, 0.3) is 0 Å². The molecule has 0 heterocycles. The molecule has 0 aromatic heterocycles. The molecule has 0 aliphatic rings. The minimum atomic E-state index is -0.465. The van der Waals surface area contributed by atoms with Gasteiger partial charge < -0.3 is 11.5 Å². The number of amides is 1. The summed E-state index contributed by atoms with van der Waals surface area (Å²) < 4.78 is 0. The third-order valence-electron chi connectivity index (χ3n) is 1.81. The van der Waals surface area contributed by atoms with Gasteiger partial charge in [0, 0.05) is 0 Å². The molecule has 0 aromatic rings. The number of hydrogen-bond acceptors (Lipinski definition) is 2. The van der Waals surface area contributed by atoms with E-state index in [0.29, 0.717) is 11.8 Å². The summed E-state index contributed by atoms with van der Waals surface area (Å²) in [5, 5.41) is 0. The largest absolute Gasteiger partial charge is 0.368 e. The van der Waals surface area contributed by atoms with E-state index in [1.54, 1.807) is 0 Å². The predicted molar refractivity (Wildman–Crippen MR) is 50.5 cm³/mol. The summed E-state index contributed by atoms with van der Waals surface area (Å²) in [6.45, 7) is 6.51. The van der Waals surface area contributed by atoms with Crippen molar-refractivity contribution in [3.8, 4) is 0 Å². The highest BCUT2D eigenvalue weighted by molar-refractivity contribution is 5.79. The molecule has 12 heavy (non-hydrogen) atoms. The summed E-state index contributed by atoms with van der Waals surface area (Å²) in [4.78, 5) is 10.6. The van der Waals surface area contributed by atoms with E-state index >= 15 is 0 Å². The third-order valence-corrected chi connectivity index (χ3v) is 1.81. The number of hydrogen-bond donors (Lipinski definition) is 2. The molecule has 0 aliphatic carbocycles. The maximum atomic E-state index is 10.6. The second kappa shape index (κ2) is 4.45. The van der Waals surface area contributed by atoms with Crippen molar-refractivity contribution in [1.29, 1.82) is 0 Å². The topological polar surface area (TPSA) is 69.1 Å². The van der Waals surface area contributed by atoms with Gasteiger partial charge in [-0.15, -0.1) is 0 Å². The molecule has 0 bridgehead atoms. The van der Waals surface area contributed by atoms with E-state index in [0.717, 1.165) is 12.8 Å². The molecule has 0 rings (SSSR count). The van der Waals surface area contributed by atoms with Gasteiger partial charge in [-0.25, -0.2) is 0 Å². The zero-order valence-electron chi connectivity index (χ0n) is 8.26. The number of rotatable bonds is 4. The van der Waals surface area contributed by atoms with Gasteiger partial charge in [-0.2, -0.15) is 0 Å². The summed E-state index contributed by atoms with van der Waals surface area (Å²) in [5.41, 5.74) is 10.8.